The first-order valence-electron chi connectivity index (χ1n) is 7.04. The van der Waals surface area contributed by atoms with Gasteiger partial charge in [-0.3, -0.25) is 4.79 Å². The number of para-hydroxylation sites is 1. The van der Waals surface area contributed by atoms with Crippen LogP contribution in [0.1, 0.15) is 36.5 Å². The van der Waals surface area contributed by atoms with Crippen LogP contribution in [0.5, 0.6) is 0 Å². The fraction of sp³-hybridized carbons (Fsp3) is 0.533. The van der Waals surface area contributed by atoms with Crippen LogP contribution in [0.3, 0.4) is 0 Å². The van der Waals surface area contributed by atoms with Crippen molar-refractivity contribution in [2.75, 3.05) is 25.0 Å². The first-order chi connectivity index (χ1) is 9.31. The lowest BCUT2D eigenvalue weighted by atomic mass is 10.1. The summed E-state index contributed by atoms with van der Waals surface area (Å²) >= 11 is 0. The first kappa shape index (κ1) is 13.9. The molecular formula is C15H22N2O2. The molecule has 1 aliphatic heterocycles. The largest absolute Gasteiger partial charge is 0.385 e. The molecule has 1 aliphatic rings. The maximum Gasteiger partial charge on any atom is 0.253 e. The fourth-order valence-electron chi connectivity index (χ4n) is 2.34. The maximum absolute atomic E-state index is 12.1. The highest BCUT2D eigenvalue weighted by Crippen LogP contribution is 2.16. The van der Waals surface area contributed by atoms with E-state index in [4.69, 9.17) is 4.74 Å². The number of nitrogens with one attached hydrogen (secondary N) is 2. The molecule has 1 saturated heterocycles. The van der Waals surface area contributed by atoms with Crippen molar-refractivity contribution in [3.63, 3.8) is 0 Å². The Hall–Kier alpha value is -1.55. The van der Waals surface area contributed by atoms with Crippen LogP contribution in [0.2, 0.25) is 0 Å². The van der Waals surface area contributed by atoms with Crippen LogP contribution >= 0.6 is 0 Å². The SMILES string of the molecule is CCNc1ccccc1C(=O)NCCC1CCCO1. The van der Waals surface area contributed by atoms with Gasteiger partial charge in [-0.15, -0.1) is 0 Å². The summed E-state index contributed by atoms with van der Waals surface area (Å²) in [6, 6.07) is 7.59. The van der Waals surface area contributed by atoms with Crippen molar-refractivity contribution in [1.29, 1.82) is 0 Å². The molecule has 0 aliphatic carbocycles. The van der Waals surface area contributed by atoms with Gasteiger partial charge in [0, 0.05) is 25.4 Å². The number of rotatable bonds is 6. The lowest BCUT2D eigenvalue weighted by Crippen LogP contribution is -2.27. The lowest BCUT2D eigenvalue weighted by Gasteiger charge is -2.12. The van der Waals surface area contributed by atoms with Crippen LogP contribution in [0.15, 0.2) is 24.3 Å². The molecule has 1 fully saturated rings. The average Bonchev–Trinajstić information content (AvgIpc) is 2.93. The Labute approximate surface area is 114 Å². The van der Waals surface area contributed by atoms with E-state index in [0.29, 0.717) is 18.2 Å². The van der Waals surface area contributed by atoms with E-state index in [1.54, 1.807) is 0 Å². The van der Waals surface area contributed by atoms with E-state index in [1.807, 2.05) is 31.2 Å². The highest BCUT2D eigenvalue weighted by Gasteiger charge is 2.16. The number of anilines is 1. The third-order valence-electron chi connectivity index (χ3n) is 3.31. The third-order valence-corrected chi connectivity index (χ3v) is 3.31. The van der Waals surface area contributed by atoms with E-state index < -0.39 is 0 Å². The summed E-state index contributed by atoms with van der Waals surface area (Å²) in [5, 5.41) is 6.17. The number of benzene rings is 1. The summed E-state index contributed by atoms with van der Waals surface area (Å²) in [4.78, 5) is 12.1. The van der Waals surface area contributed by atoms with Crippen LogP contribution in [0.4, 0.5) is 5.69 Å². The van der Waals surface area contributed by atoms with Crippen LogP contribution in [-0.4, -0.2) is 31.7 Å². The van der Waals surface area contributed by atoms with Crippen LogP contribution in [-0.2, 0) is 4.74 Å². The Bertz CT molecular complexity index is 414. The molecule has 0 spiro atoms. The van der Waals surface area contributed by atoms with Gasteiger partial charge in [0.2, 0.25) is 0 Å². The van der Waals surface area contributed by atoms with E-state index in [0.717, 1.165) is 38.1 Å². The number of amides is 1. The van der Waals surface area contributed by atoms with Crippen molar-refractivity contribution < 1.29 is 9.53 Å². The molecule has 1 aromatic carbocycles. The standard InChI is InChI=1S/C15H22N2O2/c1-2-16-14-8-4-3-7-13(14)15(18)17-10-9-12-6-5-11-19-12/h3-4,7-8,12,16H,2,5-6,9-11H2,1H3,(H,17,18). The molecule has 1 aromatic rings. The Kier molecular flexibility index (Phi) is 5.21. The summed E-state index contributed by atoms with van der Waals surface area (Å²) in [5.41, 5.74) is 1.59. The Balaban J connectivity index is 1.84. The molecule has 1 atom stereocenters. The second kappa shape index (κ2) is 7.14. The number of carbonyl (C=O) groups is 1. The zero-order chi connectivity index (χ0) is 13.5. The molecule has 4 nitrogen and oxygen atoms in total. The Morgan fingerprint density at radius 3 is 3.00 bits per heavy atom. The summed E-state index contributed by atoms with van der Waals surface area (Å²) in [6.07, 6.45) is 3.48. The number of hydrogen-bond donors (Lipinski definition) is 2. The van der Waals surface area contributed by atoms with Gasteiger partial charge in [-0.1, -0.05) is 12.1 Å². The highest BCUT2D eigenvalue weighted by atomic mass is 16.5. The zero-order valence-corrected chi connectivity index (χ0v) is 11.4. The van der Waals surface area contributed by atoms with Crippen molar-refractivity contribution in [2.24, 2.45) is 0 Å². The molecule has 2 rings (SSSR count). The minimum atomic E-state index is -0.0189. The molecule has 0 saturated carbocycles. The Morgan fingerprint density at radius 2 is 2.26 bits per heavy atom. The second-order valence-electron chi connectivity index (χ2n) is 4.76. The maximum atomic E-state index is 12.1. The molecule has 0 aromatic heterocycles. The Morgan fingerprint density at radius 1 is 1.42 bits per heavy atom. The van der Waals surface area contributed by atoms with Gasteiger partial charge < -0.3 is 15.4 Å². The molecule has 1 amide bonds. The molecule has 2 N–H and O–H groups in total. The fourth-order valence-corrected chi connectivity index (χ4v) is 2.34. The van der Waals surface area contributed by atoms with Gasteiger partial charge in [-0.05, 0) is 38.3 Å². The van der Waals surface area contributed by atoms with Crippen molar-refractivity contribution in [2.45, 2.75) is 32.3 Å². The van der Waals surface area contributed by atoms with Gasteiger partial charge in [0.1, 0.15) is 0 Å². The predicted octanol–water partition coefficient (Wildman–Crippen LogP) is 2.42. The van der Waals surface area contributed by atoms with Gasteiger partial charge in [0.15, 0.2) is 0 Å². The summed E-state index contributed by atoms with van der Waals surface area (Å²) < 4.78 is 5.54. The van der Waals surface area contributed by atoms with Crippen LogP contribution in [0.25, 0.3) is 0 Å². The highest BCUT2D eigenvalue weighted by molar-refractivity contribution is 5.99. The van der Waals surface area contributed by atoms with Crippen LogP contribution in [0, 0.1) is 0 Å². The molecule has 0 radical (unpaired) electrons. The number of hydrogen-bond acceptors (Lipinski definition) is 3. The van der Waals surface area contributed by atoms with E-state index in [-0.39, 0.29) is 5.91 Å². The third kappa shape index (κ3) is 3.96. The van der Waals surface area contributed by atoms with E-state index in [1.165, 1.54) is 0 Å². The summed E-state index contributed by atoms with van der Waals surface area (Å²) in [5.74, 6) is -0.0189. The summed E-state index contributed by atoms with van der Waals surface area (Å²) in [6.45, 7) is 4.36. The molecule has 1 unspecified atom stereocenters. The summed E-state index contributed by atoms with van der Waals surface area (Å²) in [7, 11) is 0. The normalized spacial score (nSPS) is 18.3. The minimum absolute atomic E-state index is 0.0189. The van der Waals surface area contributed by atoms with Gasteiger partial charge >= 0.3 is 0 Å². The molecule has 104 valence electrons. The quantitative estimate of drug-likeness (QED) is 0.827. The first-order valence-corrected chi connectivity index (χ1v) is 7.04. The molecule has 0 bridgehead atoms. The van der Waals surface area contributed by atoms with Crippen molar-refractivity contribution in [3.8, 4) is 0 Å². The van der Waals surface area contributed by atoms with E-state index in [9.17, 15) is 4.79 Å². The lowest BCUT2D eigenvalue weighted by molar-refractivity contribution is 0.0908. The number of ether oxygens (including phenoxy) is 1. The van der Waals surface area contributed by atoms with E-state index in [2.05, 4.69) is 10.6 Å². The van der Waals surface area contributed by atoms with Gasteiger partial charge in [-0.25, -0.2) is 0 Å². The van der Waals surface area contributed by atoms with Crippen molar-refractivity contribution >= 4 is 11.6 Å². The average molecular weight is 262 g/mol. The van der Waals surface area contributed by atoms with Crippen molar-refractivity contribution in [1.82, 2.24) is 5.32 Å². The molecular weight excluding hydrogens is 240 g/mol. The van der Waals surface area contributed by atoms with E-state index >= 15 is 0 Å². The number of carbonyl (C=O) groups excluding carboxylic acids is 1. The minimum Gasteiger partial charge on any atom is -0.385 e. The van der Waals surface area contributed by atoms with Crippen LogP contribution < -0.4 is 10.6 Å². The predicted molar refractivity (Wildman–Crippen MR) is 76.5 cm³/mol. The van der Waals surface area contributed by atoms with Gasteiger partial charge in [0.25, 0.3) is 5.91 Å². The topological polar surface area (TPSA) is 50.4 Å². The second-order valence-corrected chi connectivity index (χ2v) is 4.76. The van der Waals surface area contributed by atoms with Gasteiger partial charge in [-0.2, -0.15) is 0 Å². The smallest absolute Gasteiger partial charge is 0.253 e. The molecule has 19 heavy (non-hydrogen) atoms. The molecule has 4 heteroatoms. The monoisotopic (exact) mass is 262 g/mol. The van der Waals surface area contributed by atoms with Gasteiger partial charge in [0.05, 0.1) is 11.7 Å². The van der Waals surface area contributed by atoms with Crippen molar-refractivity contribution in [3.05, 3.63) is 29.8 Å². The zero-order valence-electron chi connectivity index (χ0n) is 11.4. The molecule has 1 heterocycles.